The van der Waals surface area contributed by atoms with Gasteiger partial charge in [-0.05, 0) is 18.2 Å². The molecule has 1 nitrogen and oxygen atoms in total. The Labute approximate surface area is 96.1 Å². The normalized spacial score (nSPS) is 18.4. The zero-order valence-electron chi connectivity index (χ0n) is 7.09. The Morgan fingerprint density at radius 2 is 2.21 bits per heavy atom. The summed E-state index contributed by atoms with van der Waals surface area (Å²) in [6.07, 6.45) is 0. The van der Waals surface area contributed by atoms with Crippen molar-refractivity contribution in [2.75, 3.05) is 5.75 Å². The van der Waals surface area contributed by atoms with Gasteiger partial charge in [-0.1, -0.05) is 23.2 Å². The molecule has 0 saturated carbocycles. The zero-order valence-corrected chi connectivity index (χ0v) is 9.42. The molecule has 0 fully saturated rings. The Balaban J connectivity index is 2.54. The number of carbonyl (C=O) groups excluding carboxylic acids is 1. The van der Waals surface area contributed by atoms with Gasteiger partial charge in [-0.25, -0.2) is 0 Å². The van der Waals surface area contributed by atoms with E-state index < -0.39 is 0 Å². The number of carbonyl (C=O) groups is 1. The van der Waals surface area contributed by atoms with Crippen LogP contribution in [0.1, 0.15) is 10.4 Å². The van der Waals surface area contributed by atoms with E-state index in [0.717, 1.165) is 4.90 Å². The fourth-order valence-electron chi connectivity index (χ4n) is 1.28. The van der Waals surface area contributed by atoms with E-state index in [2.05, 4.69) is 0 Å². The lowest BCUT2D eigenvalue weighted by Gasteiger charge is -2.16. The minimum atomic E-state index is -0.0174. The maximum Gasteiger partial charge on any atom is 0.191 e. The number of benzene rings is 1. The summed E-state index contributed by atoms with van der Waals surface area (Å²) in [5, 5.41) is 0.577. The van der Waals surface area contributed by atoms with Gasteiger partial charge >= 0.3 is 0 Å². The highest BCUT2D eigenvalue weighted by Crippen LogP contribution is 2.34. The quantitative estimate of drug-likeness (QED) is 0.647. The van der Waals surface area contributed by atoms with Crippen molar-refractivity contribution in [3.05, 3.63) is 39.9 Å². The third-order valence-corrected chi connectivity index (χ3v) is 3.61. The van der Waals surface area contributed by atoms with Crippen LogP contribution in [0.15, 0.2) is 34.2 Å². The van der Waals surface area contributed by atoms with Gasteiger partial charge in [-0.3, -0.25) is 4.79 Å². The van der Waals surface area contributed by atoms with Crippen molar-refractivity contribution in [2.45, 2.75) is 4.90 Å². The van der Waals surface area contributed by atoms with Gasteiger partial charge in [0.25, 0.3) is 0 Å². The van der Waals surface area contributed by atoms with Crippen molar-refractivity contribution in [3.8, 4) is 0 Å². The lowest BCUT2D eigenvalue weighted by Crippen LogP contribution is -2.11. The number of hydrogen-bond acceptors (Lipinski definition) is 2. The van der Waals surface area contributed by atoms with Crippen molar-refractivity contribution in [1.82, 2.24) is 0 Å². The van der Waals surface area contributed by atoms with E-state index in [1.165, 1.54) is 5.54 Å². The smallest absolute Gasteiger partial charge is 0.191 e. The van der Waals surface area contributed by atoms with Crippen LogP contribution in [0.5, 0.6) is 0 Å². The molecule has 72 valence electrons. The lowest BCUT2D eigenvalue weighted by atomic mass is 10.1. The molecule has 0 aromatic heterocycles. The summed E-state index contributed by atoms with van der Waals surface area (Å²) in [4.78, 5) is 12.7. The van der Waals surface area contributed by atoms with Crippen LogP contribution >= 0.6 is 35.0 Å². The van der Waals surface area contributed by atoms with Gasteiger partial charge in [0.15, 0.2) is 5.78 Å². The van der Waals surface area contributed by atoms with Crippen molar-refractivity contribution in [1.29, 1.82) is 0 Å². The van der Waals surface area contributed by atoms with E-state index >= 15 is 0 Å². The van der Waals surface area contributed by atoms with Gasteiger partial charge in [0.2, 0.25) is 0 Å². The van der Waals surface area contributed by atoms with E-state index in [-0.39, 0.29) is 5.78 Å². The van der Waals surface area contributed by atoms with Gasteiger partial charge in [0.05, 0.1) is 0 Å². The fraction of sp³-hybridized carbons (Fsp3) is 0.100. The molecule has 1 aliphatic heterocycles. The average Bonchev–Trinajstić information content (AvgIpc) is 2.20. The standard InChI is InChI=1S/C10H6Cl2OS/c11-4-6-5-14-9-2-1-7(12)3-8(9)10(6)13/h1-4H,5H2/b6-4+. The number of rotatable bonds is 0. The fourth-order valence-corrected chi connectivity index (χ4v) is 2.72. The van der Waals surface area contributed by atoms with Crippen LogP contribution in [-0.4, -0.2) is 11.5 Å². The molecule has 1 aromatic carbocycles. The minimum absolute atomic E-state index is 0.0174. The molecule has 0 amide bonds. The van der Waals surface area contributed by atoms with Gasteiger partial charge in [0.1, 0.15) is 0 Å². The van der Waals surface area contributed by atoms with E-state index in [1.807, 2.05) is 6.07 Å². The van der Waals surface area contributed by atoms with Crippen LogP contribution < -0.4 is 0 Å². The van der Waals surface area contributed by atoms with E-state index in [1.54, 1.807) is 23.9 Å². The summed E-state index contributed by atoms with van der Waals surface area (Å²) in [6.45, 7) is 0. The molecule has 1 aliphatic rings. The average molecular weight is 245 g/mol. The number of halogens is 2. The number of ketones is 1. The van der Waals surface area contributed by atoms with Crippen molar-refractivity contribution in [3.63, 3.8) is 0 Å². The Kier molecular flexibility index (Phi) is 2.86. The molecular weight excluding hydrogens is 239 g/mol. The third-order valence-electron chi connectivity index (χ3n) is 1.99. The predicted molar refractivity (Wildman–Crippen MR) is 60.4 cm³/mol. The number of hydrogen-bond donors (Lipinski definition) is 0. The first-order chi connectivity index (χ1) is 6.72. The summed E-state index contributed by atoms with van der Waals surface area (Å²) in [6, 6.07) is 5.34. The molecule has 0 atom stereocenters. The molecule has 0 spiro atoms. The van der Waals surface area contributed by atoms with Crippen LogP contribution in [0.25, 0.3) is 0 Å². The summed E-state index contributed by atoms with van der Waals surface area (Å²) in [7, 11) is 0. The summed E-state index contributed by atoms with van der Waals surface area (Å²) in [5.41, 5.74) is 2.63. The number of thioether (sulfide) groups is 1. The first-order valence-electron chi connectivity index (χ1n) is 3.98. The summed E-state index contributed by atoms with van der Waals surface area (Å²) >= 11 is 13.0. The molecule has 0 saturated heterocycles. The van der Waals surface area contributed by atoms with Crippen LogP contribution in [-0.2, 0) is 0 Å². The maximum atomic E-state index is 11.8. The molecule has 0 radical (unpaired) electrons. The van der Waals surface area contributed by atoms with Crippen LogP contribution in [0, 0.1) is 0 Å². The summed E-state index contributed by atoms with van der Waals surface area (Å²) < 4.78 is 0. The third kappa shape index (κ3) is 1.70. The van der Waals surface area contributed by atoms with Crippen LogP contribution in [0.2, 0.25) is 5.02 Å². The van der Waals surface area contributed by atoms with Gasteiger partial charge in [0, 0.05) is 32.3 Å². The van der Waals surface area contributed by atoms with Gasteiger partial charge in [-0.2, -0.15) is 0 Å². The molecule has 0 N–H and O–H groups in total. The van der Waals surface area contributed by atoms with E-state index in [9.17, 15) is 4.79 Å². The topological polar surface area (TPSA) is 17.1 Å². The molecule has 4 heteroatoms. The molecule has 1 heterocycles. The molecule has 2 rings (SSSR count). The highest BCUT2D eigenvalue weighted by molar-refractivity contribution is 7.99. The number of fused-ring (bicyclic) bond motifs is 1. The number of Topliss-reactive ketones (excluding diaryl/α,β-unsaturated/α-hetero) is 1. The molecule has 0 bridgehead atoms. The molecular formula is C10H6Cl2OS. The Morgan fingerprint density at radius 1 is 1.43 bits per heavy atom. The Bertz CT molecular complexity index is 426. The van der Waals surface area contributed by atoms with Gasteiger partial charge in [-0.15, -0.1) is 11.8 Å². The van der Waals surface area contributed by atoms with Gasteiger partial charge < -0.3 is 0 Å². The second-order valence-corrected chi connectivity index (χ2v) is 4.56. The van der Waals surface area contributed by atoms with Crippen molar-refractivity contribution >= 4 is 40.7 Å². The second kappa shape index (κ2) is 3.97. The Morgan fingerprint density at radius 3 is 2.93 bits per heavy atom. The zero-order chi connectivity index (χ0) is 10.1. The lowest BCUT2D eigenvalue weighted by molar-refractivity contribution is 0.103. The van der Waals surface area contributed by atoms with E-state index in [4.69, 9.17) is 23.2 Å². The molecule has 1 aromatic rings. The highest BCUT2D eigenvalue weighted by Gasteiger charge is 2.22. The van der Waals surface area contributed by atoms with E-state index in [0.29, 0.717) is 21.9 Å². The SMILES string of the molecule is O=C1/C(=C/Cl)CSc2ccc(Cl)cc21. The second-order valence-electron chi connectivity index (χ2n) is 2.89. The predicted octanol–water partition coefficient (Wildman–Crippen LogP) is 3.75. The Hall–Kier alpha value is -0.440. The van der Waals surface area contributed by atoms with Crippen molar-refractivity contribution < 1.29 is 4.79 Å². The molecule has 0 unspecified atom stereocenters. The minimum Gasteiger partial charge on any atom is -0.289 e. The highest BCUT2D eigenvalue weighted by atomic mass is 35.5. The first-order valence-corrected chi connectivity index (χ1v) is 5.78. The van der Waals surface area contributed by atoms with Crippen LogP contribution in [0.4, 0.5) is 0 Å². The molecule has 0 aliphatic carbocycles. The van der Waals surface area contributed by atoms with Crippen molar-refractivity contribution in [2.24, 2.45) is 0 Å². The molecule has 14 heavy (non-hydrogen) atoms. The summed E-state index contributed by atoms with van der Waals surface area (Å²) in [5.74, 6) is 0.619. The monoisotopic (exact) mass is 244 g/mol. The van der Waals surface area contributed by atoms with Crippen LogP contribution in [0.3, 0.4) is 0 Å². The maximum absolute atomic E-state index is 11.8. The largest absolute Gasteiger partial charge is 0.289 e. The first kappa shape index (κ1) is 10.1.